The molecule has 27 heavy (non-hydrogen) atoms. The molecule has 3 aromatic heterocycles. The van der Waals surface area contributed by atoms with E-state index in [0.717, 1.165) is 6.54 Å². The van der Waals surface area contributed by atoms with E-state index in [-0.39, 0.29) is 0 Å². The maximum atomic E-state index is 2.41. The van der Waals surface area contributed by atoms with E-state index in [2.05, 4.69) is 108 Å². The molecule has 0 saturated heterocycles. The van der Waals surface area contributed by atoms with Crippen molar-refractivity contribution in [1.29, 1.82) is 0 Å². The molecule has 2 aromatic carbocycles. The fourth-order valence-electron chi connectivity index (χ4n) is 4.29. The molecule has 3 heterocycles. The van der Waals surface area contributed by atoms with Crippen molar-refractivity contribution in [3.05, 3.63) is 73.1 Å². The SMILES string of the molecule is CCn1c2ccc(-c3cccn3C)cc2c2cc(-c3cccn3C)ccc21. The molecule has 0 atom stereocenters. The molecule has 0 amide bonds. The first kappa shape index (κ1) is 16.0. The van der Waals surface area contributed by atoms with E-state index in [0.29, 0.717) is 0 Å². The van der Waals surface area contributed by atoms with Gasteiger partial charge in [0.1, 0.15) is 0 Å². The maximum absolute atomic E-state index is 2.41. The zero-order valence-electron chi connectivity index (χ0n) is 16.0. The molecule has 0 saturated carbocycles. The second-order valence-corrected chi connectivity index (χ2v) is 7.22. The normalized spacial score (nSPS) is 11.7. The van der Waals surface area contributed by atoms with Crippen molar-refractivity contribution in [2.75, 3.05) is 0 Å². The number of hydrogen-bond acceptors (Lipinski definition) is 0. The monoisotopic (exact) mass is 353 g/mol. The molecule has 0 bridgehead atoms. The molecule has 0 unspecified atom stereocenters. The topological polar surface area (TPSA) is 14.8 Å². The van der Waals surface area contributed by atoms with Crippen molar-refractivity contribution in [2.45, 2.75) is 13.5 Å². The number of aryl methyl sites for hydroxylation is 3. The average molecular weight is 353 g/mol. The Morgan fingerprint density at radius 3 is 1.52 bits per heavy atom. The predicted octanol–water partition coefficient (Wildman–Crippen LogP) is 5.83. The van der Waals surface area contributed by atoms with E-state index in [1.54, 1.807) is 0 Å². The summed E-state index contributed by atoms with van der Waals surface area (Å²) in [5, 5.41) is 2.64. The molecule has 3 nitrogen and oxygen atoms in total. The zero-order chi connectivity index (χ0) is 18.5. The third-order valence-electron chi connectivity index (χ3n) is 5.66. The van der Waals surface area contributed by atoms with Crippen LogP contribution in [0.15, 0.2) is 73.1 Å². The van der Waals surface area contributed by atoms with E-state index >= 15 is 0 Å². The van der Waals surface area contributed by atoms with E-state index in [9.17, 15) is 0 Å². The average Bonchev–Trinajstić information content (AvgIpc) is 3.37. The fraction of sp³-hybridized carbons (Fsp3) is 0.167. The molecule has 134 valence electrons. The van der Waals surface area contributed by atoms with Gasteiger partial charge in [-0.05, 0) is 66.6 Å². The molecule has 0 aliphatic rings. The Morgan fingerprint density at radius 1 is 0.667 bits per heavy atom. The predicted molar refractivity (Wildman–Crippen MR) is 114 cm³/mol. The summed E-state index contributed by atoms with van der Waals surface area (Å²) in [6.07, 6.45) is 4.20. The summed E-state index contributed by atoms with van der Waals surface area (Å²) in [6.45, 7) is 3.18. The van der Waals surface area contributed by atoms with Gasteiger partial charge in [-0.1, -0.05) is 12.1 Å². The van der Waals surface area contributed by atoms with Gasteiger partial charge in [-0.3, -0.25) is 0 Å². The zero-order valence-corrected chi connectivity index (χ0v) is 16.0. The molecule has 0 spiro atoms. The van der Waals surface area contributed by atoms with Crippen LogP contribution in [-0.4, -0.2) is 13.7 Å². The molecule has 0 aliphatic carbocycles. The van der Waals surface area contributed by atoms with Crippen molar-refractivity contribution in [3.8, 4) is 22.5 Å². The second-order valence-electron chi connectivity index (χ2n) is 7.22. The smallest absolute Gasteiger partial charge is 0.0491 e. The Hall–Kier alpha value is -3.20. The van der Waals surface area contributed by atoms with Gasteiger partial charge in [0.15, 0.2) is 0 Å². The first-order valence-electron chi connectivity index (χ1n) is 9.47. The van der Waals surface area contributed by atoms with Gasteiger partial charge in [0, 0.05) is 66.2 Å². The van der Waals surface area contributed by atoms with Crippen LogP contribution in [0.3, 0.4) is 0 Å². The van der Waals surface area contributed by atoms with E-state index < -0.39 is 0 Å². The fourth-order valence-corrected chi connectivity index (χ4v) is 4.29. The van der Waals surface area contributed by atoms with Crippen LogP contribution in [0, 0.1) is 0 Å². The highest BCUT2D eigenvalue weighted by Crippen LogP contribution is 2.35. The lowest BCUT2D eigenvalue weighted by Gasteiger charge is -2.06. The van der Waals surface area contributed by atoms with Crippen LogP contribution in [0.4, 0.5) is 0 Å². The van der Waals surface area contributed by atoms with Crippen LogP contribution in [0.2, 0.25) is 0 Å². The summed E-state index contributed by atoms with van der Waals surface area (Å²) in [4.78, 5) is 0. The summed E-state index contributed by atoms with van der Waals surface area (Å²) in [5.74, 6) is 0. The second kappa shape index (κ2) is 5.92. The van der Waals surface area contributed by atoms with Crippen LogP contribution in [0.5, 0.6) is 0 Å². The third-order valence-corrected chi connectivity index (χ3v) is 5.66. The molecule has 0 radical (unpaired) electrons. The largest absolute Gasteiger partial charge is 0.351 e. The lowest BCUT2D eigenvalue weighted by atomic mass is 10.0. The summed E-state index contributed by atoms with van der Waals surface area (Å²) < 4.78 is 6.76. The number of rotatable bonds is 3. The van der Waals surface area contributed by atoms with Crippen LogP contribution >= 0.6 is 0 Å². The third kappa shape index (κ3) is 2.35. The van der Waals surface area contributed by atoms with E-state index in [1.165, 1.54) is 44.3 Å². The molecule has 5 rings (SSSR count). The Labute approximate surface area is 159 Å². The standard InChI is InChI=1S/C24H23N3/c1-4-27-23-11-9-17(21-7-5-13-25(21)2)15-19(23)20-16-18(10-12-24(20)27)22-8-6-14-26(22)3/h5-16H,4H2,1-3H3. The van der Waals surface area contributed by atoms with Gasteiger partial charge in [-0.15, -0.1) is 0 Å². The number of fused-ring (bicyclic) bond motifs is 3. The Bertz CT molecular complexity index is 1180. The van der Waals surface area contributed by atoms with Crippen molar-refractivity contribution >= 4 is 21.8 Å². The van der Waals surface area contributed by atoms with E-state index in [1.807, 2.05) is 0 Å². The van der Waals surface area contributed by atoms with Gasteiger partial charge in [-0.25, -0.2) is 0 Å². The van der Waals surface area contributed by atoms with Gasteiger partial charge >= 0.3 is 0 Å². The van der Waals surface area contributed by atoms with Crippen molar-refractivity contribution in [1.82, 2.24) is 13.7 Å². The summed E-state index contributed by atoms with van der Waals surface area (Å²) in [6, 6.07) is 22.2. The van der Waals surface area contributed by atoms with Gasteiger partial charge in [0.2, 0.25) is 0 Å². The van der Waals surface area contributed by atoms with Crippen LogP contribution in [0.25, 0.3) is 44.3 Å². The minimum absolute atomic E-state index is 0.965. The highest BCUT2D eigenvalue weighted by atomic mass is 15.0. The Morgan fingerprint density at radius 2 is 1.15 bits per heavy atom. The highest BCUT2D eigenvalue weighted by molar-refractivity contribution is 6.10. The Kier molecular flexibility index (Phi) is 3.51. The van der Waals surface area contributed by atoms with Gasteiger partial charge in [-0.2, -0.15) is 0 Å². The molecule has 0 aliphatic heterocycles. The summed E-state index contributed by atoms with van der Waals surface area (Å²) >= 11 is 0. The quantitative estimate of drug-likeness (QED) is 0.388. The molecular weight excluding hydrogens is 330 g/mol. The minimum Gasteiger partial charge on any atom is -0.351 e. The van der Waals surface area contributed by atoms with Crippen molar-refractivity contribution < 1.29 is 0 Å². The first-order valence-corrected chi connectivity index (χ1v) is 9.47. The lowest BCUT2D eigenvalue weighted by Crippen LogP contribution is -1.93. The number of nitrogens with zero attached hydrogens (tertiary/aromatic N) is 3. The molecule has 0 N–H and O–H groups in total. The Balaban J connectivity index is 1.81. The van der Waals surface area contributed by atoms with Crippen LogP contribution in [0.1, 0.15) is 6.92 Å². The van der Waals surface area contributed by atoms with Gasteiger partial charge in [0.25, 0.3) is 0 Å². The summed E-state index contributed by atoms with van der Waals surface area (Å²) in [5.41, 5.74) is 7.61. The van der Waals surface area contributed by atoms with E-state index in [4.69, 9.17) is 0 Å². The maximum Gasteiger partial charge on any atom is 0.0491 e. The van der Waals surface area contributed by atoms with Crippen LogP contribution < -0.4 is 0 Å². The van der Waals surface area contributed by atoms with Crippen molar-refractivity contribution in [3.63, 3.8) is 0 Å². The number of benzene rings is 2. The summed E-state index contributed by atoms with van der Waals surface area (Å²) in [7, 11) is 4.20. The molecule has 3 heteroatoms. The number of hydrogen-bond donors (Lipinski definition) is 0. The molecular formula is C24H23N3. The highest BCUT2D eigenvalue weighted by Gasteiger charge is 2.13. The lowest BCUT2D eigenvalue weighted by molar-refractivity contribution is 0.827. The van der Waals surface area contributed by atoms with Gasteiger partial charge < -0.3 is 13.7 Å². The van der Waals surface area contributed by atoms with Crippen molar-refractivity contribution in [2.24, 2.45) is 14.1 Å². The molecule has 5 aromatic rings. The minimum atomic E-state index is 0.965. The first-order chi connectivity index (χ1) is 13.2. The molecule has 0 fully saturated rings. The number of aromatic nitrogens is 3. The van der Waals surface area contributed by atoms with Gasteiger partial charge in [0.05, 0.1) is 0 Å². The van der Waals surface area contributed by atoms with Crippen LogP contribution in [-0.2, 0) is 20.6 Å².